The molecule has 0 aromatic heterocycles. The van der Waals surface area contributed by atoms with E-state index in [0.717, 1.165) is 12.8 Å². The molecule has 0 saturated heterocycles. The first kappa shape index (κ1) is 10.3. The van der Waals surface area contributed by atoms with Gasteiger partial charge in [-0.3, -0.25) is 4.79 Å². The highest BCUT2D eigenvalue weighted by atomic mass is 16.5. The minimum Gasteiger partial charge on any atom is -0.490 e. The highest BCUT2D eigenvalue weighted by molar-refractivity contribution is 5.93. The summed E-state index contributed by atoms with van der Waals surface area (Å²) in [4.78, 5) is 11.4. The second-order valence-corrected chi connectivity index (χ2v) is 3.51. The third-order valence-electron chi connectivity index (χ3n) is 2.25. The molecule has 0 fully saturated rings. The Morgan fingerprint density at radius 1 is 1.77 bits per heavy atom. The van der Waals surface area contributed by atoms with Crippen molar-refractivity contribution in [2.24, 2.45) is 11.7 Å². The number of carbonyl (C=O) groups excluding carboxylic acids is 1. The van der Waals surface area contributed by atoms with E-state index in [1.807, 2.05) is 6.08 Å². The molecule has 0 aromatic carbocycles. The Morgan fingerprint density at radius 3 is 3.08 bits per heavy atom. The quantitative estimate of drug-likeness (QED) is 0.697. The number of nitrogens with two attached hydrogens (primary N) is 1. The zero-order valence-corrected chi connectivity index (χ0v) is 8.08. The molecule has 0 radical (unpaired) electrons. The monoisotopic (exact) mass is 183 g/mol. The fourth-order valence-electron chi connectivity index (χ4n) is 1.23. The smallest absolute Gasteiger partial charge is 0.197 e. The topological polar surface area (TPSA) is 52.3 Å². The fraction of sp³-hybridized carbons (Fsp3) is 0.700. The highest BCUT2D eigenvalue weighted by Gasteiger charge is 2.15. The Hall–Kier alpha value is -0.830. The Kier molecular flexibility index (Phi) is 3.96. The van der Waals surface area contributed by atoms with Crippen molar-refractivity contribution in [2.75, 3.05) is 13.2 Å². The summed E-state index contributed by atoms with van der Waals surface area (Å²) >= 11 is 0. The maximum atomic E-state index is 11.4. The van der Waals surface area contributed by atoms with Crippen molar-refractivity contribution in [3.8, 4) is 0 Å². The van der Waals surface area contributed by atoms with Crippen LogP contribution in [0.2, 0.25) is 0 Å². The van der Waals surface area contributed by atoms with Crippen LogP contribution in [0.15, 0.2) is 11.8 Å². The molecule has 0 spiro atoms. The van der Waals surface area contributed by atoms with Crippen molar-refractivity contribution in [3.05, 3.63) is 11.8 Å². The van der Waals surface area contributed by atoms with Gasteiger partial charge in [-0.25, -0.2) is 0 Å². The molecule has 0 aliphatic carbocycles. The van der Waals surface area contributed by atoms with Gasteiger partial charge in [0.15, 0.2) is 11.5 Å². The minimum atomic E-state index is 0.123. The number of rotatable bonds is 5. The predicted molar refractivity (Wildman–Crippen MR) is 51.1 cm³/mol. The molecule has 2 N–H and O–H groups in total. The lowest BCUT2D eigenvalue weighted by Crippen LogP contribution is -2.13. The van der Waals surface area contributed by atoms with Crippen LogP contribution in [-0.4, -0.2) is 18.9 Å². The van der Waals surface area contributed by atoms with E-state index in [0.29, 0.717) is 31.2 Å². The van der Waals surface area contributed by atoms with Crippen molar-refractivity contribution in [3.63, 3.8) is 0 Å². The van der Waals surface area contributed by atoms with Crippen LogP contribution in [0.3, 0.4) is 0 Å². The van der Waals surface area contributed by atoms with Crippen LogP contribution in [0.25, 0.3) is 0 Å². The molecule has 13 heavy (non-hydrogen) atoms. The fourth-order valence-corrected chi connectivity index (χ4v) is 1.23. The van der Waals surface area contributed by atoms with E-state index in [2.05, 4.69) is 6.92 Å². The van der Waals surface area contributed by atoms with Crippen LogP contribution in [0, 0.1) is 5.92 Å². The van der Waals surface area contributed by atoms with Crippen molar-refractivity contribution in [2.45, 2.75) is 26.2 Å². The standard InChI is InChI=1S/C10H17NO2/c1-8(7-11)4-5-9(12)10-3-2-6-13-10/h3,8H,2,4-7,11H2,1H3. The molecule has 74 valence electrons. The van der Waals surface area contributed by atoms with Gasteiger partial charge >= 0.3 is 0 Å². The maximum absolute atomic E-state index is 11.4. The van der Waals surface area contributed by atoms with Crippen LogP contribution in [0.5, 0.6) is 0 Å². The summed E-state index contributed by atoms with van der Waals surface area (Å²) in [5, 5.41) is 0. The predicted octanol–water partition coefficient (Wildman–Crippen LogP) is 1.23. The third kappa shape index (κ3) is 3.19. The normalized spacial score (nSPS) is 17.8. The minimum absolute atomic E-state index is 0.123. The van der Waals surface area contributed by atoms with E-state index in [1.54, 1.807) is 0 Å². The summed E-state index contributed by atoms with van der Waals surface area (Å²) in [6.45, 7) is 3.36. The molecule has 1 aliphatic heterocycles. The average Bonchev–Trinajstić information content (AvgIpc) is 2.66. The average molecular weight is 183 g/mol. The third-order valence-corrected chi connectivity index (χ3v) is 2.25. The number of carbonyl (C=O) groups is 1. The Morgan fingerprint density at radius 2 is 2.54 bits per heavy atom. The summed E-state index contributed by atoms with van der Waals surface area (Å²) in [6, 6.07) is 0. The maximum Gasteiger partial charge on any atom is 0.197 e. The van der Waals surface area contributed by atoms with E-state index in [1.165, 1.54) is 0 Å². The zero-order valence-electron chi connectivity index (χ0n) is 8.08. The van der Waals surface area contributed by atoms with Gasteiger partial charge in [-0.1, -0.05) is 6.92 Å². The summed E-state index contributed by atoms with van der Waals surface area (Å²) in [6.07, 6.45) is 4.16. The lowest BCUT2D eigenvalue weighted by atomic mass is 10.0. The highest BCUT2D eigenvalue weighted by Crippen LogP contribution is 2.14. The number of ether oxygens (including phenoxy) is 1. The first-order chi connectivity index (χ1) is 6.24. The lowest BCUT2D eigenvalue weighted by Gasteiger charge is -2.07. The summed E-state index contributed by atoms with van der Waals surface area (Å²) < 4.78 is 5.16. The van der Waals surface area contributed by atoms with Crippen LogP contribution in [0.4, 0.5) is 0 Å². The molecule has 1 heterocycles. The zero-order chi connectivity index (χ0) is 9.68. The van der Waals surface area contributed by atoms with Crippen molar-refractivity contribution in [1.29, 1.82) is 0 Å². The van der Waals surface area contributed by atoms with Crippen LogP contribution < -0.4 is 5.73 Å². The molecule has 0 saturated carbocycles. The molecular formula is C10H17NO2. The molecule has 3 nitrogen and oxygen atoms in total. The number of ketones is 1. The van der Waals surface area contributed by atoms with Gasteiger partial charge < -0.3 is 10.5 Å². The van der Waals surface area contributed by atoms with Gasteiger partial charge in [-0.15, -0.1) is 0 Å². The van der Waals surface area contributed by atoms with Gasteiger partial charge in [-0.05, 0) is 25.0 Å². The lowest BCUT2D eigenvalue weighted by molar-refractivity contribution is -0.118. The van der Waals surface area contributed by atoms with E-state index in [4.69, 9.17) is 10.5 Å². The van der Waals surface area contributed by atoms with Gasteiger partial charge in [0.05, 0.1) is 6.61 Å². The van der Waals surface area contributed by atoms with Crippen molar-refractivity contribution < 1.29 is 9.53 Å². The summed E-state index contributed by atoms with van der Waals surface area (Å²) in [7, 11) is 0. The Bertz CT molecular complexity index is 211. The van der Waals surface area contributed by atoms with Gasteiger partial charge in [0.2, 0.25) is 0 Å². The molecular weight excluding hydrogens is 166 g/mol. The van der Waals surface area contributed by atoms with E-state index < -0.39 is 0 Å². The second-order valence-electron chi connectivity index (χ2n) is 3.51. The van der Waals surface area contributed by atoms with Gasteiger partial charge in [0.25, 0.3) is 0 Å². The van der Waals surface area contributed by atoms with Crippen molar-refractivity contribution >= 4 is 5.78 Å². The molecule has 0 amide bonds. The van der Waals surface area contributed by atoms with Gasteiger partial charge in [0.1, 0.15) is 0 Å². The van der Waals surface area contributed by atoms with Crippen LogP contribution in [-0.2, 0) is 9.53 Å². The first-order valence-corrected chi connectivity index (χ1v) is 4.80. The van der Waals surface area contributed by atoms with E-state index in [9.17, 15) is 4.79 Å². The molecule has 0 bridgehead atoms. The van der Waals surface area contributed by atoms with Gasteiger partial charge in [0, 0.05) is 12.8 Å². The van der Waals surface area contributed by atoms with E-state index in [-0.39, 0.29) is 5.78 Å². The van der Waals surface area contributed by atoms with Crippen molar-refractivity contribution in [1.82, 2.24) is 0 Å². The van der Waals surface area contributed by atoms with Gasteiger partial charge in [-0.2, -0.15) is 0 Å². The number of hydrogen-bond donors (Lipinski definition) is 1. The molecule has 3 heteroatoms. The molecule has 1 atom stereocenters. The Balaban J connectivity index is 2.25. The number of allylic oxidation sites excluding steroid dienone is 1. The summed E-state index contributed by atoms with van der Waals surface area (Å²) in [5.74, 6) is 1.10. The molecule has 1 rings (SSSR count). The summed E-state index contributed by atoms with van der Waals surface area (Å²) in [5.41, 5.74) is 5.45. The molecule has 1 aliphatic rings. The SMILES string of the molecule is CC(CN)CCC(=O)C1=CCCO1. The molecule has 0 aromatic rings. The largest absolute Gasteiger partial charge is 0.490 e. The Labute approximate surface area is 78.9 Å². The number of hydrogen-bond acceptors (Lipinski definition) is 3. The molecule has 1 unspecified atom stereocenters. The second kappa shape index (κ2) is 5.02. The first-order valence-electron chi connectivity index (χ1n) is 4.80. The number of Topliss-reactive ketones (excluding diaryl/α,β-unsaturated/α-hetero) is 1. The van der Waals surface area contributed by atoms with Crippen LogP contribution >= 0.6 is 0 Å². The van der Waals surface area contributed by atoms with Crippen LogP contribution in [0.1, 0.15) is 26.2 Å². The van der Waals surface area contributed by atoms with E-state index >= 15 is 0 Å².